The van der Waals surface area contributed by atoms with E-state index in [-0.39, 0.29) is 18.0 Å². The smallest absolute Gasteiger partial charge is 0.328 e. The Labute approximate surface area is 172 Å². The molecule has 0 N–H and O–H groups in total. The Morgan fingerprint density at radius 3 is 2.31 bits per heavy atom. The zero-order valence-electron chi connectivity index (χ0n) is 17.7. The molecule has 0 aliphatic carbocycles. The zero-order valence-corrected chi connectivity index (χ0v) is 17.7. The van der Waals surface area contributed by atoms with Crippen molar-refractivity contribution in [1.82, 2.24) is 19.6 Å². The van der Waals surface area contributed by atoms with Crippen LogP contribution in [0.2, 0.25) is 0 Å². The van der Waals surface area contributed by atoms with Crippen molar-refractivity contribution < 1.29 is 9.59 Å². The van der Waals surface area contributed by atoms with Gasteiger partial charge < -0.3 is 14.7 Å². The van der Waals surface area contributed by atoms with Gasteiger partial charge >= 0.3 is 6.03 Å². The molecule has 0 spiro atoms. The Balaban J connectivity index is 1.47. The Morgan fingerprint density at radius 1 is 1.03 bits per heavy atom. The standard InChI is InChI=1S/C21H30N6O2/c1-15(2)27-17(22-19-18(27)20(28)24(4)21(29)23(19)3)14-25-10-12-26(13-11-25)16-8-6-5-7-9-16/h5-9,15,18-19H,10-14H2,1-4H3. The molecular formula is C21H30N6O2. The van der Waals surface area contributed by atoms with Gasteiger partial charge in [-0.25, -0.2) is 9.79 Å². The van der Waals surface area contributed by atoms with Crippen LogP contribution in [0.1, 0.15) is 13.8 Å². The number of hydrogen-bond acceptors (Lipinski definition) is 6. The minimum Gasteiger partial charge on any atom is -0.369 e. The summed E-state index contributed by atoms with van der Waals surface area (Å²) in [6.07, 6.45) is -0.436. The summed E-state index contributed by atoms with van der Waals surface area (Å²) in [4.78, 5) is 39.8. The van der Waals surface area contributed by atoms with Crippen LogP contribution >= 0.6 is 0 Å². The van der Waals surface area contributed by atoms with Crippen LogP contribution < -0.4 is 4.90 Å². The third-order valence-electron chi connectivity index (χ3n) is 6.15. The van der Waals surface area contributed by atoms with Crippen molar-refractivity contribution in [1.29, 1.82) is 0 Å². The number of nitrogens with zero attached hydrogens (tertiary/aromatic N) is 6. The van der Waals surface area contributed by atoms with E-state index in [1.54, 1.807) is 19.0 Å². The fraction of sp³-hybridized carbons (Fsp3) is 0.571. The first-order valence-electron chi connectivity index (χ1n) is 10.3. The molecule has 3 heterocycles. The summed E-state index contributed by atoms with van der Waals surface area (Å²) in [6.45, 7) is 8.67. The van der Waals surface area contributed by atoms with Crippen molar-refractivity contribution in [3.63, 3.8) is 0 Å². The molecule has 3 aliphatic rings. The normalized spacial score (nSPS) is 25.8. The van der Waals surface area contributed by atoms with Gasteiger partial charge in [0.15, 0.2) is 12.2 Å². The van der Waals surface area contributed by atoms with Crippen LogP contribution in [0, 0.1) is 0 Å². The number of imide groups is 1. The minimum absolute atomic E-state index is 0.133. The van der Waals surface area contributed by atoms with Gasteiger partial charge in [0.1, 0.15) is 5.84 Å². The van der Waals surface area contributed by atoms with Crippen molar-refractivity contribution in [2.45, 2.75) is 32.1 Å². The molecule has 3 aliphatic heterocycles. The quantitative estimate of drug-likeness (QED) is 0.761. The molecule has 2 fully saturated rings. The van der Waals surface area contributed by atoms with Crippen molar-refractivity contribution in [3.05, 3.63) is 30.3 Å². The molecule has 0 radical (unpaired) electrons. The van der Waals surface area contributed by atoms with Crippen molar-refractivity contribution >= 4 is 23.5 Å². The van der Waals surface area contributed by atoms with E-state index in [1.807, 2.05) is 6.07 Å². The molecule has 0 saturated carbocycles. The fourth-order valence-electron chi connectivity index (χ4n) is 4.53. The van der Waals surface area contributed by atoms with E-state index >= 15 is 0 Å². The summed E-state index contributed by atoms with van der Waals surface area (Å²) in [5, 5.41) is 0. The number of anilines is 1. The van der Waals surface area contributed by atoms with Crippen LogP contribution in [0.5, 0.6) is 0 Å². The highest BCUT2D eigenvalue weighted by atomic mass is 16.2. The second-order valence-electron chi connectivity index (χ2n) is 8.29. The molecule has 156 valence electrons. The summed E-state index contributed by atoms with van der Waals surface area (Å²) in [5.74, 6) is 0.742. The highest BCUT2D eigenvalue weighted by molar-refractivity contribution is 6.04. The summed E-state index contributed by atoms with van der Waals surface area (Å²) >= 11 is 0. The van der Waals surface area contributed by atoms with E-state index in [9.17, 15) is 9.59 Å². The van der Waals surface area contributed by atoms with E-state index in [2.05, 4.69) is 52.8 Å². The molecule has 4 rings (SSSR count). The van der Waals surface area contributed by atoms with Gasteiger partial charge in [-0.15, -0.1) is 0 Å². The monoisotopic (exact) mass is 398 g/mol. The number of piperazine rings is 1. The lowest BCUT2D eigenvalue weighted by atomic mass is 10.1. The summed E-state index contributed by atoms with van der Waals surface area (Å²) in [7, 11) is 3.28. The van der Waals surface area contributed by atoms with E-state index < -0.39 is 12.2 Å². The SMILES string of the molecule is CC(C)N1C(CN2CCN(c3ccccc3)CC2)=NC2C1C(=O)N(C)C(=O)N2C. The number of urea groups is 1. The molecule has 1 aromatic rings. The lowest BCUT2D eigenvalue weighted by molar-refractivity contribution is -0.136. The van der Waals surface area contributed by atoms with Gasteiger partial charge in [-0.1, -0.05) is 18.2 Å². The topological polar surface area (TPSA) is 62.7 Å². The molecule has 0 bridgehead atoms. The number of fused-ring (bicyclic) bond motifs is 1. The fourth-order valence-corrected chi connectivity index (χ4v) is 4.53. The third kappa shape index (κ3) is 3.46. The molecule has 2 saturated heterocycles. The van der Waals surface area contributed by atoms with Crippen LogP contribution in [0.3, 0.4) is 0 Å². The van der Waals surface area contributed by atoms with Crippen LogP contribution in [0.15, 0.2) is 35.3 Å². The Morgan fingerprint density at radius 2 is 1.69 bits per heavy atom. The van der Waals surface area contributed by atoms with E-state index in [1.165, 1.54) is 10.6 Å². The van der Waals surface area contributed by atoms with Gasteiger partial charge in [-0.3, -0.25) is 14.6 Å². The predicted molar refractivity (Wildman–Crippen MR) is 113 cm³/mol. The largest absolute Gasteiger partial charge is 0.369 e. The maximum absolute atomic E-state index is 12.9. The predicted octanol–water partition coefficient (Wildman–Crippen LogP) is 1.15. The van der Waals surface area contributed by atoms with Gasteiger partial charge in [0.05, 0.1) is 6.54 Å². The van der Waals surface area contributed by atoms with E-state index in [0.717, 1.165) is 32.0 Å². The minimum atomic E-state index is -0.436. The van der Waals surface area contributed by atoms with Gasteiger partial charge in [-0.2, -0.15) is 0 Å². The van der Waals surface area contributed by atoms with Crippen LogP contribution in [0.4, 0.5) is 10.5 Å². The average molecular weight is 399 g/mol. The van der Waals surface area contributed by atoms with Crippen LogP contribution in [-0.2, 0) is 4.79 Å². The summed E-state index contributed by atoms with van der Waals surface area (Å²) in [5.41, 5.74) is 1.26. The van der Waals surface area contributed by atoms with Crippen LogP contribution in [-0.4, -0.2) is 102 Å². The van der Waals surface area contributed by atoms with Gasteiger partial charge in [0.25, 0.3) is 5.91 Å². The number of amidine groups is 1. The van der Waals surface area contributed by atoms with Crippen molar-refractivity contribution in [3.8, 4) is 0 Å². The number of likely N-dealkylation sites (N-methyl/N-ethyl adjacent to an activating group) is 2. The number of aliphatic imine (C=N–C) groups is 1. The zero-order chi connectivity index (χ0) is 20.7. The first-order chi connectivity index (χ1) is 13.9. The van der Waals surface area contributed by atoms with Crippen molar-refractivity contribution in [2.24, 2.45) is 4.99 Å². The molecule has 8 nitrogen and oxygen atoms in total. The number of para-hydroxylation sites is 1. The number of rotatable bonds is 4. The molecule has 0 aromatic heterocycles. The van der Waals surface area contributed by atoms with Gasteiger partial charge in [-0.05, 0) is 26.0 Å². The third-order valence-corrected chi connectivity index (χ3v) is 6.15. The highest BCUT2D eigenvalue weighted by Gasteiger charge is 2.51. The maximum Gasteiger partial charge on any atom is 0.328 e. The lowest BCUT2D eigenvalue weighted by Gasteiger charge is -2.42. The lowest BCUT2D eigenvalue weighted by Crippen LogP contribution is -2.65. The number of amides is 3. The van der Waals surface area contributed by atoms with Crippen molar-refractivity contribution in [2.75, 3.05) is 51.7 Å². The highest BCUT2D eigenvalue weighted by Crippen LogP contribution is 2.29. The molecule has 8 heteroatoms. The molecule has 2 atom stereocenters. The number of carbonyl (C=O) groups excluding carboxylic acids is 2. The second kappa shape index (κ2) is 7.67. The van der Waals surface area contributed by atoms with E-state index in [4.69, 9.17) is 4.99 Å². The van der Waals surface area contributed by atoms with Gasteiger partial charge in [0.2, 0.25) is 0 Å². The Kier molecular flexibility index (Phi) is 5.21. The first kappa shape index (κ1) is 19.7. The molecule has 2 unspecified atom stereocenters. The van der Waals surface area contributed by atoms with Crippen LogP contribution in [0.25, 0.3) is 0 Å². The number of carbonyl (C=O) groups is 2. The summed E-state index contributed by atoms with van der Waals surface area (Å²) < 4.78 is 0. The molecule has 1 aromatic carbocycles. The molecule has 3 amide bonds. The van der Waals surface area contributed by atoms with E-state index in [0.29, 0.717) is 6.54 Å². The molecular weight excluding hydrogens is 368 g/mol. The number of hydrogen-bond donors (Lipinski definition) is 0. The number of benzene rings is 1. The summed E-state index contributed by atoms with van der Waals surface area (Å²) in [6, 6.07) is 9.90. The Hall–Kier alpha value is -2.61. The first-order valence-corrected chi connectivity index (χ1v) is 10.3. The average Bonchev–Trinajstić information content (AvgIpc) is 3.11. The maximum atomic E-state index is 12.9. The molecule has 29 heavy (non-hydrogen) atoms. The second-order valence-corrected chi connectivity index (χ2v) is 8.29. The Bertz CT molecular complexity index is 803. The van der Waals surface area contributed by atoms with Gasteiger partial charge in [0, 0.05) is 52.0 Å².